The molecule has 1 unspecified atom stereocenters. The van der Waals surface area contributed by atoms with Gasteiger partial charge in [0.05, 0.1) is 17.4 Å². The Hall–Kier alpha value is -1.49. The number of piperidine rings is 1. The summed E-state index contributed by atoms with van der Waals surface area (Å²) in [6.07, 6.45) is 3.56. The molecule has 0 radical (unpaired) electrons. The summed E-state index contributed by atoms with van der Waals surface area (Å²) in [7, 11) is 0. The molecule has 10 heteroatoms. The fourth-order valence-electron chi connectivity index (χ4n) is 4.29. The van der Waals surface area contributed by atoms with E-state index in [1.54, 1.807) is 23.1 Å². The van der Waals surface area contributed by atoms with E-state index in [0.29, 0.717) is 18.9 Å². The summed E-state index contributed by atoms with van der Waals surface area (Å²) in [5.74, 6) is -1.32. The van der Waals surface area contributed by atoms with Crippen molar-refractivity contribution in [2.45, 2.75) is 42.5 Å². The lowest BCUT2D eigenvalue weighted by molar-refractivity contribution is -0.257. The van der Waals surface area contributed by atoms with Gasteiger partial charge in [-0.15, -0.1) is 23.1 Å². The number of hydrogen-bond donors (Lipinski definition) is 0. The quantitative estimate of drug-likeness (QED) is 0.295. The van der Waals surface area contributed by atoms with Crippen LogP contribution in [0.3, 0.4) is 0 Å². The van der Waals surface area contributed by atoms with Gasteiger partial charge < -0.3 is 9.47 Å². The first-order chi connectivity index (χ1) is 13.6. The Labute approximate surface area is 174 Å². The summed E-state index contributed by atoms with van der Waals surface area (Å²) in [5.41, 5.74) is 1.05. The number of hydrogen-bond acceptors (Lipinski definition) is 10. The van der Waals surface area contributed by atoms with Crippen molar-refractivity contribution in [1.29, 1.82) is 0 Å². The molecule has 148 valence electrons. The molecule has 2 bridgehead atoms. The molecule has 0 aromatic carbocycles. The average molecular weight is 438 g/mol. The van der Waals surface area contributed by atoms with Crippen LogP contribution in [0.2, 0.25) is 0 Å². The van der Waals surface area contributed by atoms with Crippen molar-refractivity contribution < 1.29 is 19.1 Å². The minimum absolute atomic E-state index is 0.232. The van der Waals surface area contributed by atoms with E-state index >= 15 is 0 Å². The fraction of sp³-hybridized carbons (Fsp3) is 0.556. The molecule has 3 aliphatic heterocycles. The Morgan fingerprint density at radius 1 is 1.25 bits per heavy atom. The summed E-state index contributed by atoms with van der Waals surface area (Å²) in [6, 6.07) is 4.27. The first kappa shape index (κ1) is 18.5. The number of thiophene rings is 1. The van der Waals surface area contributed by atoms with Crippen molar-refractivity contribution in [2.75, 3.05) is 18.8 Å². The van der Waals surface area contributed by atoms with E-state index < -0.39 is 17.8 Å². The third-order valence-electron chi connectivity index (χ3n) is 5.64. The molecular formula is C18H19N3O4S3. The number of rotatable bonds is 6. The van der Waals surface area contributed by atoms with Crippen LogP contribution in [0.5, 0.6) is 0 Å². The number of esters is 2. The molecule has 0 N–H and O–H groups in total. The third-order valence-corrected chi connectivity index (χ3v) is 8.31. The monoisotopic (exact) mass is 437 g/mol. The summed E-state index contributed by atoms with van der Waals surface area (Å²) in [6.45, 7) is 1.41. The van der Waals surface area contributed by atoms with Gasteiger partial charge >= 0.3 is 17.8 Å². The smallest absolute Gasteiger partial charge is 0.400 e. The Kier molecular flexibility index (Phi) is 4.90. The molecule has 1 spiro atoms. The van der Waals surface area contributed by atoms with Crippen LogP contribution in [0.4, 0.5) is 0 Å². The second-order valence-electron chi connectivity index (χ2n) is 7.29. The molecule has 2 aromatic heterocycles. The fourth-order valence-corrected chi connectivity index (χ4v) is 6.75. The number of aromatic nitrogens is 2. The molecular weight excluding hydrogens is 418 g/mol. The summed E-state index contributed by atoms with van der Waals surface area (Å²) < 4.78 is 19.8. The van der Waals surface area contributed by atoms with Crippen molar-refractivity contribution in [3.8, 4) is 0 Å². The zero-order valence-corrected chi connectivity index (χ0v) is 17.5. The number of carbonyl (C=O) groups excluding carboxylic acids is 2. The Morgan fingerprint density at radius 3 is 2.89 bits per heavy atom. The molecule has 3 aliphatic rings. The van der Waals surface area contributed by atoms with E-state index in [-0.39, 0.29) is 5.92 Å². The van der Waals surface area contributed by atoms with Crippen LogP contribution in [0.25, 0.3) is 0 Å². The Bertz CT molecular complexity index is 869. The number of carbonyl (C=O) groups is 2. The number of aryl methyl sites for hydroxylation is 1. The van der Waals surface area contributed by atoms with Crippen LogP contribution in [-0.4, -0.2) is 50.3 Å². The lowest BCUT2D eigenvalue weighted by Crippen LogP contribution is -2.51. The molecule has 28 heavy (non-hydrogen) atoms. The van der Waals surface area contributed by atoms with Crippen LogP contribution in [0.15, 0.2) is 22.5 Å². The Morgan fingerprint density at radius 2 is 2.11 bits per heavy atom. The van der Waals surface area contributed by atoms with Gasteiger partial charge in [-0.05, 0) is 42.4 Å². The minimum atomic E-state index is -1.20. The van der Waals surface area contributed by atoms with Crippen LogP contribution in [0, 0.1) is 5.92 Å². The van der Waals surface area contributed by atoms with Gasteiger partial charge in [0.25, 0.3) is 0 Å². The van der Waals surface area contributed by atoms with E-state index in [9.17, 15) is 9.59 Å². The van der Waals surface area contributed by atoms with Gasteiger partial charge in [0.2, 0.25) is 0 Å². The highest BCUT2D eigenvalue weighted by molar-refractivity contribution is 7.99. The lowest BCUT2D eigenvalue weighted by atomic mass is 9.88. The van der Waals surface area contributed by atoms with Crippen molar-refractivity contribution in [2.24, 2.45) is 5.92 Å². The number of thioether (sulfide) groups is 1. The number of nitrogens with zero attached hydrogens (tertiary/aromatic N) is 3. The van der Waals surface area contributed by atoms with Crippen LogP contribution >= 0.6 is 34.8 Å². The van der Waals surface area contributed by atoms with E-state index in [2.05, 4.69) is 26.3 Å². The molecule has 0 saturated carbocycles. The van der Waals surface area contributed by atoms with Crippen LogP contribution in [0.1, 0.15) is 35.8 Å². The van der Waals surface area contributed by atoms with Gasteiger partial charge in [0, 0.05) is 30.3 Å². The Balaban J connectivity index is 1.24. The number of fused-ring (bicyclic) bond motifs is 3. The molecule has 3 fully saturated rings. The van der Waals surface area contributed by atoms with Gasteiger partial charge in [-0.1, -0.05) is 6.07 Å². The molecule has 2 aromatic rings. The first-order valence-electron chi connectivity index (χ1n) is 9.33. The minimum Gasteiger partial charge on any atom is -0.400 e. The molecule has 3 saturated heterocycles. The van der Waals surface area contributed by atoms with Crippen molar-refractivity contribution in [3.05, 3.63) is 28.1 Å². The molecule has 5 heterocycles. The largest absolute Gasteiger partial charge is 0.421 e. The maximum Gasteiger partial charge on any atom is 0.421 e. The summed E-state index contributed by atoms with van der Waals surface area (Å²) in [5, 5.41) is 3.13. The van der Waals surface area contributed by atoms with Gasteiger partial charge in [0.15, 0.2) is 0 Å². The van der Waals surface area contributed by atoms with Gasteiger partial charge in [-0.3, -0.25) is 0 Å². The standard InChI is InChI=1S/C18H19N3O4S3/c22-16-17(23)25-18(24-16)6-5-11-9-21(18)10-13(11)14-15(20-28-19-14)27-8-2-4-12-3-1-7-26-12/h1,3,7,11,13H,2,4-6,8-10H2/t11-,13-/m0/s1. The molecule has 5 rings (SSSR count). The SMILES string of the molecule is O=C1OC2(CC[C@H]3CN2C[C@@H]3c2nsnc2SCCCc2cccs2)OC1=O. The molecule has 3 atom stereocenters. The molecule has 7 nitrogen and oxygen atoms in total. The van der Waals surface area contributed by atoms with Gasteiger partial charge in [-0.25, -0.2) is 14.5 Å². The third kappa shape index (κ3) is 3.26. The molecule has 0 aliphatic carbocycles. The van der Waals surface area contributed by atoms with E-state index in [1.807, 2.05) is 4.90 Å². The normalized spacial score (nSPS) is 27.9. The van der Waals surface area contributed by atoms with Crippen molar-refractivity contribution in [3.63, 3.8) is 0 Å². The van der Waals surface area contributed by atoms with E-state index in [1.165, 1.54) is 16.6 Å². The highest BCUT2D eigenvalue weighted by Gasteiger charge is 2.59. The van der Waals surface area contributed by atoms with E-state index in [0.717, 1.165) is 42.3 Å². The van der Waals surface area contributed by atoms with Gasteiger partial charge in [0.1, 0.15) is 5.03 Å². The lowest BCUT2D eigenvalue weighted by Gasteiger charge is -2.37. The second-order valence-corrected chi connectivity index (χ2v) is 9.93. The zero-order chi connectivity index (χ0) is 19.1. The highest BCUT2D eigenvalue weighted by atomic mass is 32.2. The molecule has 0 amide bonds. The number of ether oxygens (including phenoxy) is 2. The van der Waals surface area contributed by atoms with Crippen LogP contribution < -0.4 is 0 Å². The first-order valence-corrected chi connectivity index (χ1v) is 11.9. The topological polar surface area (TPSA) is 81.6 Å². The second kappa shape index (κ2) is 7.40. The highest BCUT2D eigenvalue weighted by Crippen LogP contribution is 2.48. The van der Waals surface area contributed by atoms with E-state index in [4.69, 9.17) is 9.47 Å². The zero-order valence-electron chi connectivity index (χ0n) is 15.0. The van der Waals surface area contributed by atoms with Gasteiger partial charge in [-0.2, -0.15) is 8.75 Å². The van der Waals surface area contributed by atoms with Crippen molar-refractivity contribution >= 4 is 46.8 Å². The van der Waals surface area contributed by atoms with Crippen molar-refractivity contribution in [1.82, 2.24) is 13.6 Å². The predicted octanol–water partition coefficient (Wildman–Crippen LogP) is 2.89. The summed E-state index contributed by atoms with van der Waals surface area (Å²) in [4.78, 5) is 26.5. The summed E-state index contributed by atoms with van der Waals surface area (Å²) >= 11 is 4.83. The average Bonchev–Trinajstić information content (AvgIpc) is 3.45. The van der Waals surface area contributed by atoms with Crippen LogP contribution in [-0.2, 0) is 25.5 Å². The maximum absolute atomic E-state index is 11.6. The predicted molar refractivity (Wildman–Crippen MR) is 105 cm³/mol. The maximum atomic E-state index is 11.6.